The molecule has 0 aliphatic rings. The molecule has 0 aliphatic heterocycles. The summed E-state index contributed by atoms with van der Waals surface area (Å²) in [5.74, 6) is 0.363. The van der Waals surface area contributed by atoms with Gasteiger partial charge in [0.25, 0.3) is 0 Å². The number of carbonyl (C=O) groups excluding carboxylic acids is 1. The minimum atomic E-state index is -3.58. The monoisotopic (exact) mass is 488 g/mol. The molecule has 1 heterocycles. The molecule has 1 aromatic heterocycles. The molecule has 3 aromatic rings. The van der Waals surface area contributed by atoms with Crippen LogP contribution in [0.5, 0.6) is 0 Å². The number of benzene rings is 2. The van der Waals surface area contributed by atoms with E-state index in [4.69, 9.17) is 0 Å². The van der Waals surface area contributed by atoms with E-state index in [0.717, 1.165) is 29.9 Å². The molecule has 0 bridgehead atoms. The number of nitrogens with one attached hydrogen (secondary N) is 1. The molecule has 34 heavy (non-hydrogen) atoms. The number of rotatable bonds is 11. The summed E-state index contributed by atoms with van der Waals surface area (Å²) in [7, 11) is -3.58. The molecule has 0 unspecified atom stereocenters. The Labute approximate surface area is 201 Å². The SMILES string of the molecule is CCCn1c(CCC(=O)NCc2ccc(F)c(C)c2)nc2cc(S(=O)(=O)N(CC)CC)ccc21. The third-order valence-electron chi connectivity index (χ3n) is 5.88. The fourth-order valence-electron chi connectivity index (χ4n) is 4.03. The van der Waals surface area contributed by atoms with Gasteiger partial charge in [-0.3, -0.25) is 4.79 Å². The third-order valence-corrected chi connectivity index (χ3v) is 7.92. The van der Waals surface area contributed by atoms with Gasteiger partial charge in [0, 0.05) is 39.0 Å². The van der Waals surface area contributed by atoms with Crippen LogP contribution in [0.4, 0.5) is 4.39 Å². The molecule has 184 valence electrons. The van der Waals surface area contributed by atoms with Crippen LogP contribution < -0.4 is 5.32 Å². The fourth-order valence-corrected chi connectivity index (χ4v) is 5.51. The first-order valence-electron chi connectivity index (χ1n) is 11.7. The van der Waals surface area contributed by atoms with Gasteiger partial charge in [-0.1, -0.05) is 32.9 Å². The Hall–Kier alpha value is -2.78. The molecule has 0 aliphatic carbocycles. The highest BCUT2D eigenvalue weighted by atomic mass is 32.2. The van der Waals surface area contributed by atoms with Crippen molar-refractivity contribution >= 4 is 27.0 Å². The number of amides is 1. The summed E-state index contributed by atoms with van der Waals surface area (Å²) >= 11 is 0. The zero-order chi connectivity index (χ0) is 24.9. The van der Waals surface area contributed by atoms with Gasteiger partial charge in [0.1, 0.15) is 11.6 Å². The predicted molar refractivity (Wildman–Crippen MR) is 131 cm³/mol. The van der Waals surface area contributed by atoms with E-state index < -0.39 is 10.0 Å². The van der Waals surface area contributed by atoms with Crippen LogP contribution in [0.1, 0.15) is 50.6 Å². The van der Waals surface area contributed by atoms with Gasteiger partial charge in [-0.2, -0.15) is 4.31 Å². The molecule has 7 nitrogen and oxygen atoms in total. The predicted octanol–water partition coefficient (Wildman–Crippen LogP) is 4.17. The normalized spacial score (nSPS) is 11.9. The van der Waals surface area contributed by atoms with Gasteiger partial charge in [-0.15, -0.1) is 0 Å². The molecule has 1 N–H and O–H groups in total. The summed E-state index contributed by atoms with van der Waals surface area (Å²) in [5, 5.41) is 2.87. The van der Waals surface area contributed by atoms with E-state index in [2.05, 4.69) is 21.8 Å². The van der Waals surface area contributed by atoms with Gasteiger partial charge >= 0.3 is 0 Å². The standard InChI is InChI=1S/C25H33FN4O3S/c1-5-14-30-23-11-9-20(34(32,33)29(6-2)7-3)16-22(23)28-24(30)12-13-25(31)27-17-19-8-10-21(26)18(4)15-19/h8-11,15-16H,5-7,12-14,17H2,1-4H3,(H,27,31). The first kappa shape index (κ1) is 25.8. The van der Waals surface area contributed by atoms with E-state index in [-0.39, 0.29) is 23.0 Å². The summed E-state index contributed by atoms with van der Waals surface area (Å²) in [4.78, 5) is 17.4. The van der Waals surface area contributed by atoms with Crippen molar-refractivity contribution in [3.8, 4) is 0 Å². The van der Waals surface area contributed by atoms with Crippen LogP contribution in [0, 0.1) is 12.7 Å². The van der Waals surface area contributed by atoms with E-state index in [1.807, 2.05) is 13.8 Å². The maximum Gasteiger partial charge on any atom is 0.243 e. The van der Waals surface area contributed by atoms with Crippen LogP contribution in [0.25, 0.3) is 11.0 Å². The largest absolute Gasteiger partial charge is 0.352 e. The Morgan fingerprint density at radius 3 is 2.50 bits per heavy atom. The molecular weight excluding hydrogens is 455 g/mol. The number of imidazole rings is 1. The second kappa shape index (κ2) is 11.1. The second-order valence-electron chi connectivity index (χ2n) is 8.28. The molecule has 0 atom stereocenters. The van der Waals surface area contributed by atoms with Crippen LogP contribution in [-0.4, -0.2) is 41.3 Å². The number of fused-ring (bicyclic) bond motifs is 1. The Kier molecular flexibility index (Phi) is 8.43. The number of carbonyl (C=O) groups is 1. The van der Waals surface area contributed by atoms with E-state index in [1.54, 1.807) is 37.3 Å². The van der Waals surface area contributed by atoms with Crippen molar-refractivity contribution in [2.45, 2.75) is 64.9 Å². The van der Waals surface area contributed by atoms with Crippen molar-refractivity contribution in [1.82, 2.24) is 19.2 Å². The smallest absolute Gasteiger partial charge is 0.243 e. The maximum absolute atomic E-state index is 13.4. The minimum absolute atomic E-state index is 0.123. The summed E-state index contributed by atoms with van der Waals surface area (Å²) in [5.41, 5.74) is 2.85. The van der Waals surface area contributed by atoms with Crippen molar-refractivity contribution in [2.24, 2.45) is 0 Å². The van der Waals surface area contributed by atoms with Crippen LogP contribution >= 0.6 is 0 Å². The molecule has 0 saturated carbocycles. The Morgan fingerprint density at radius 1 is 1.12 bits per heavy atom. The van der Waals surface area contributed by atoms with Gasteiger partial charge in [0.15, 0.2) is 0 Å². The van der Waals surface area contributed by atoms with Gasteiger partial charge in [-0.05, 0) is 48.7 Å². The molecule has 0 radical (unpaired) electrons. The summed E-state index contributed by atoms with van der Waals surface area (Å²) in [6, 6.07) is 9.83. The van der Waals surface area contributed by atoms with Gasteiger partial charge in [0.05, 0.1) is 15.9 Å². The molecule has 3 rings (SSSR count). The molecule has 2 aromatic carbocycles. The summed E-state index contributed by atoms with van der Waals surface area (Å²) < 4.78 is 42.7. The Balaban J connectivity index is 1.76. The number of halogens is 1. The summed E-state index contributed by atoms with van der Waals surface area (Å²) in [6.07, 6.45) is 1.56. The highest BCUT2D eigenvalue weighted by molar-refractivity contribution is 7.89. The lowest BCUT2D eigenvalue weighted by Gasteiger charge is -2.18. The van der Waals surface area contributed by atoms with Crippen LogP contribution in [-0.2, 0) is 34.3 Å². The van der Waals surface area contributed by atoms with Gasteiger partial charge in [0.2, 0.25) is 15.9 Å². The first-order valence-corrected chi connectivity index (χ1v) is 13.2. The number of aromatic nitrogens is 2. The lowest BCUT2D eigenvalue weighted by atomic mass is 10.1. The minimum Gasteiger partial charge on any atom is -0.352 e. The Bertz CT molecular complexity index is 1270. The highest BCUT2D eigenvalue weighted by Crippen LogP contribution is 2.24. The number of aryl methyl sites for hydroxylation is 3. The quantitative estimate of drug-likeness (QED) is 0.439. The van der Waals surface area contributed by atoms with E-state index in [1.165, 1.54) is 10.4 Å². The molecule has 1 amide bonds. The maximum atomic E-state index is 13.4. The molecule has 0 spiro atoms. The molecular formula is C25H33FN4O3S. The molecule has 9 heteroatoms. The van der Waals surface area contributed by atoms with Crippen molar-refractivity contribution in [1.29, 1.82) is 0 Å². The zero-order valence-corrected chi connectivity index (χ0v) is 21.1. The van der Waals surface area contributed by atoms with Crippen LogP contribution in [0.15, 0.2) is 41.3 Å². The van der Waals surface area contributed by atoms with Crippen molar-refractivity contribution < 1.29 is 17.6 Å². The average molecular weight is 489 g/mol. The fraction of sp³-hybridized carbons (Fsp3) is 0.440. The van der Waals surface area contributed by atoms with Crippen LogP contribution in [0.2, 0.25) is 0 Å². The molecule has 0 saturated heterocycles. The van der Waals surface area contributed by atoms with Crippen molar-refractivity contribution in [2.75, 3.05) is 13.1 Å². The van der Waals surface area contributed by atoms with Crippen molar-refractivity contribution in [3.05, 3.63) is 59.2 Å². The van der Waals surface area contributed by atoms with Gasteiger partial charge in [-0.25, -0.2) is 17.8 Å². The van der Waals surface area contributed by atoms with Crippen molar-refractivity contribution in [3.63, 3.8) is 0 Å². The first-order chi connectivity index (χ1) is 16.2. The topological polar surface area (TPSA) is 84.3 Å². The van der Waals surface area contributed by atoms with E-state index in [9.17, 15) is 17.6 Å². The lowest BCUT2D eigenvalue weighted by molar-refractivity contribution is -0.121. The lowest BCUT2D eigenvalue weighted by Crippen LogP contribution is -2.30. The van der Waals surface area contributed by atoms with Crippen LogP contribution in [0.3, 0.4) is 0 Å². The molecule has 0 fully saturated rings. The third kappa shape index (κ3) is 5.64. The summed E-state index contributed by atoms with van der Waals surface area (Å²) in [6.45, 7) is 9.25. The highest BCUT2D eigenvalue weighted by Gasteiger charge is 2.23. The number of sulfonamides is 1. The number of hydrogen-bond acceptors (Lipinski definition) is 4. The van der Waals surface area contributed by atoms with E-state index in [0.29, 0.717) is 37.1 Å². The number of nitrogens with zero attached hydrogens (tertiary/aromatic N) is 3. The second-order valence-corrected chi connectivity index (χ2v) is 10.2. The zero-order valence-electron chi connectivity index (χ0n) is 20.3. The Morgan fingerprint density at radius 2 is 1.85 bits per heavy atom. The number of hydrogen-bond donors (Lipinski definition) is 1. The average Bonchev–Trinajstić information content (AvgIpc) is 3.16. The van der Waals surface area contributed by atoms with Gasteiger partial charge < -0.3 is 9.88 Å². The van der Waals surface area contributed by atoms with E-state index >= 15 is 0 Å².